The van der Waals surface area contributed by atoms with Crippen LogP contribution in [0.1, 0.15) is 174 Å². The Morgan fingerprint density at radius 1 is 0.500 bits per heavy atom. The van der Waals surface area contributed by atoms with Crippen molar-refractivity contribution in [3.8, 4) is 0 Å². The molecule has 0 amide bonds. The smallest absolute Gasteiger partial charge is 0.336 e. The van der Waals surface area contributed by atoms with Crippen LogP contribution in [0.3, 0.4) is 0 Å². The summed E-state index contributed by atoms with van der Waals surface area (Å²) < 4.78 is 4.72. The maximum Gasteiger partial charge on any atom is 0.336 e. The SMILES string of the molecule is CCCCCCCCCCCCCCCCCCCCCC(=O)O.CCCCCOC(=O)CC(O)(CC(=O)O)C(=O)O. The maximum atomic E-state index is 11.3. The van der Waals surface area contributed by atoms with Crippen molar-refractivity contribution in [2.24, 2.45) is 0 Å². The largest absolute Gasteiger partial charge is 0.481 e. The van der Waals surface area contributed by atoms with E-state index in [1.54, 1.807) is 0 Å². The van der Waals surface area contributed by atoms with Gasteiger partial charge in [0, 0.05) is 6.42 Å². The van der Waals surface area contributed by atoms with Crippen LogP contribution in [0.25, 0.3) is 0 Å². The highest BCUT2D eigenvalue weighted by Crippen LogP contribution is 2.17. The van der Waals surface area contributed by atoms with Crippen LogP contribution in [-0.4, -0.2) is 56.5 Å². The normalized spacial score (nSPS) is 12.2. The fraction of sp³-hybridized carbons (Fsp3) is 0.879. The van der Waals surface area contributed by atoms with Gasteiger partial charge in [-0.15, -0.1) is 0 Å². The molecular weight excluding hydrogens is 540 g/mol. The molecule has 0 bridgehead atoms. The van der Waals surface area contributed by atoms with Gasteiger partial charge >= 0.3 is 23.9 Å². The van der Waals surface area contributed by atoms with E-state index in [9.17, 15) is 24.3 Å². The zero-order valence-electron chi connectivity index (χ0n) is 26.7. The van der Waals surface area contributed by atoms with Crippen LogP contribution in [0, 0.1) is 0 Å². The zero-order chi connectivity index (χ0) is 31.9. The van der Waals surface area contributed by atoms with Crippen molar-refractivity contribution in [1.82, 2.24) is 0 Å². The topological polar surface area (TPSA) is 158 Å². The molecule has 1 unspecified atom stereocenters. The van der Waals surface area contributed by atoms with Gasteiger partial charge in [-0.3, -0.25) is 14.4 Å². The average Bonchev–Trinajstić information content (AvgIpc) is 2.92. The Kier molecular flexibility index (Phi) is 30.3. The summed E-state index contributed by atoms with van der Waals surface area (Å²) in [5.74, 6) is -4.83. The third-order valence-electron chi connectivity index (χ3n) is 7.28. The first-order valence-corrected chi connectivity index (χ1v) is 16.6. The lowest BCUT2D eigenvalue weighted by Gasteiger charge is -2.20. The number of carboxylic acids is 3. The number of carbonyl (C=O) groups excluding carboxylic acids is 1. The van der Waals surface area contributed by atoms with Crippen molar-refractivity contribution in [3.63, 3.8) is 0 Å². The molecule has 0 aromatic carbocycles. The van der Waals surface area contributed by atoms with E-state index in [0.717, 1.165) is 25.7 Å². The van der Waals surface area contributed by atoms with Crippen molar-refractivity contribution in [3.05, 3.63) is 0 Å². The third-order valence-corrected chi connectivity index (χ3v) is 7.28. The maximum absolute atomic E-state index is 11.3. The van der Waals surface area contributed by atoms with E-state index in [-0.39, 0.29) is 6.61 Å². The number of ether oxygens (including phenoxy) is 1. The predicted octanol–water partition coefficient (Wildman–Crippen LogP) is 8.29. The molecule has 248 valence electrons. The van der Waals surface area contributed by atoms with Gasteiger partial charge in [-0.25, -0.2) is 4.79 Å². The van der Waals surface area contributed by atoms with Gasteiger partial charge in [-0.05, 0) is 12.8 Å². The van der Waals surface area contributed by atoms with Gasteiger partial charge in [0.2, 0.25) is 0 Å². The van der Waals surface area contributed by atoms with Crippen molar-refractivity contribution < 1.29 is 44.3 Å². The van der Waals surface area contributed by atoms with Gasteiger partial charge in [0.25, 0.3) is 0 Å². The Bertz CT molecular complexity index is 680. The molecule has 0 saturated carbocycles. The van der Waals surface area contributed by atoms with E-state index in [0.29, 0.717) is 12.8 Å². The van der Waals surface area contributed by atoms with Crippen LogP contribution < -0.4 is 0 Å². The van der Waals surface area contributed by atoms with Gasteiger partial charge in [0.1, 0.15) is 0 Å². The van der Waals surface area contributed by atoms with Gasteiger partial charge in [0.05, 0.1) is 19.4 Å². The number of aliphatic hydroxyl groups is 1. The predicted molar refractivity (Wildman–Crippen MR) is 166 cm³/mol. The third kappa shape index (κ3) is 30.8. The lowest BCUT2D eigenvalue weighted by Crippen LogP contribution is -2.43. The number of unbranched alkanes of at least 4 members (excludes halogenated alkanes) is 20. The van der Waals surface area contributed by atoms with Crippen LogP contribution in [-0.2, 0) is 23.9 Å². The van der Waals surface area contributed by atoms with E-state index < -0.39 is 42.3 Å². The standard InChI is InChI=1S/C22H44O2.C11H18O7/c1-2-3-4-5-6-7-8-9-10-11-12-13-14-15-16-17-18-19-20-21-22(23)24;1-2-3-4-5-18-9(14)7-11(17,10(15)16)6-8(12)13/h2-21H2,1H3,(H,23,24);17H,2-7H2,1H3,(H,12,13)(H,15,16). The highest BCUT2D eigenvalue weighted by molar-refractivity contribution is 5.88. The number of esters is 1. The Balaban J connectivity index is 0. The molecule has 0 rings (SSSR count). The second kappa shape index (κ2) is 30.3. The number of carbonyl (C=O) groups is 4. The molecule has 9 nitrogen and oxygen atoms in total. The van der Waals surface area contributed by atoms with Crippen molar-refractivity contribution in [2.75, 3.05) is 6.61 Å². The molecule has 0 saturated heterocycles. The molecule has 0 heterocycles. The Labute approximate surface area is 254 Å². The number of carboxylic acid groups (broad SMARTS) is 3. The summed E-state index contributed by atoms with van der Waals surface area (Å²) in [7, 11) is 0. The summed E-state index contributed by atoms with van der Waals surface area (Å²) >= 11 is 0. The van der Waals surface area contributed by atoms with Gasteiger partial charge in [0.15, 0.2) is 5.60 Å². The molecule has 0 aromatic heterocycles. The Hall–Kier alpha value is -2.16. The minimum Gasteiger partial charge on any atom is -0.481 e. The molecule has 42 heavy (non-hydrogen) atoms. The van der Waals surface area contributed by atoms with Crippen molar-refractivity contribution in [1.29, 1.82) is 0 Å². The summed E-state index contributed by atoms with van der Waals surface area (Å²) in [6.07, 6.45) is 26.6. The average molecular weight is 603 g/mol. The van der Waals surface area contributed by atoms with Crippen LogP contribution in [0.15, 0.2) is 0 Å². The number of hydrogen-bond donors (Lipinski definition) is 4. The second-order valence-electron chi connectivity index (χ2n) is 11.5. The molecule has 0 aliphatic heterocycles. The van der Waals surface area contributed by atoms with Crippen LogP contribution in [0.5, 0.6) is 0 Å². The molecule has 0 radical (unpaired) electrons. The van der Waals surface area contributed by atoms with Gasteiger partial charge in [-0.2, -0.15) is 0 Å². The van der Waals surface area contributed by atoms with E-state index in [1.807, 2.05) is 6.92 Å². The van der Waals surface area contributed by atoms with Gasteiger partial charge < -0.3 is 25.2 Å². The lowest BCUT2D eigenvalue weighted by atomic mass is 9.96. The Morgan fingerprint density at radius 3 is 1.19 bits per heavy atom. The van der Waals surface area contributed by atoms with E-state index in [4.69, 9.17) is 20.1 Å². The highest BCUT2D eigenvalue weighted by Gasteiger charge is 2.41. The van der Waals surface area contributed by atoms with Crippen LogP contribution in [0.2, 0.25) is 0 Å². The van der Waals surface area contributed by atoms with Crippen LogP contribution >= 0.6 is 0 Å². The number of hydrogen-bond acceptors (Lipinski definition) is 6. The first-order chi connectivity index (χ1) is 20.1. The molecule has 4 N–H and O–H groups in total. The first-order valence-electron chi connectivity index (χ1n) is 16.6. The van der Waals surface area contributed by atoms with Gasteiger partial charge in [-0.1, -0.05) is 142 Å². The van der Waals surface area contributed by atoms with Crippen molar-refractivity contribution in [2.45, 2.75) is 180 Å². The van der Waals surface area contributed by atoms with E-state index in [2.05, 4.69) is 6.92 Å². The van der Waals surface area contributed by atoms with E-state index >= 15 is 0 Å². The second-order valence-corrected chi connectivity index (χ2v) is 11.5. The summed E-state index contributed by atoms with van der Waals surface area (Å²) in [6.45, 7) is 4.39. The number of aliphatic carboxylic acids is 3. The molecule has 0 fully saturated rings. The summed E-state index contributed by atoms with van der Waals surface area (Å²) in [5.41, 5.74) is -2.62. The quantitative estimate of drug-likeness (QED) is 0.0488. The molecule has 1 atom stereocenters. The van der Waals surface area contributed by atoms with E-state index in [1.165, 1.54) is 109 Å². The monoisotopic (exact) mass is 602 g/mol. The van der Waals surface area contributed by atoms with Crippen LogP contribution in [0.4, 0.5) is 0 Å². The minimum atomic E-state index is -2.62. The lowest BCUT2D eigenvalue weighted by molar-refractivity contribution is -0.172. The number of rotatable bonds is 29. The summed E-state index contributed by atoms with van der Waals surface area (Å²) in [5, 5.41) is 35.3. The zero-order valence-corrected chi connectivity index (χ0v) is 26.7. The molecule has 0 aromatic rings. The molecule has 0 aliphatic rings. The summed E-state index contributed by atoms with van der Waals surface area (Å²) in [4.78, 5) is 42.8. The fourth-order valence-corrected chi connectivity index (χ4v) is 4.65. The highest BCUT2D eigenvalue weighted by atomic mass is 16.5. The summed E-state index contributed by atoms with van der Waals surface area (Å²) in [6, 6.07) is 0. The fourth-order valence-electron chi connectivity index (χ4n) is 4.65. The minimum absolute atomic E-state index is 0.134. The molecule has 0 aliphatic carbocycles. The molecular formula is C33H62O9. The Morgan fingerprint density at radius 2 is 0.857 bits per heavy atom. The molecule has 0 spiro atoms. The molecule has 9 heteroatoms. The first kappa shape index (κ1) is 42.0. The van der Waals surface area contributed by atoms with Crippen molar-refractivity contribution >= 4 is 23.9 Å².